The maximum absolute atomic E-state index is 12.6. The highest BCUT2D eigenvalue weighted by Crippen LogP contribution is 2.41. The monoisotopic (exact) mass is 458 g/mol. The van der Waals surface area contributed by atoms with Crippen molar-refractivity contribution in [1.82, 2.24) is 10.3 Å². The predicted molar refractivity (Wildman–Crippen MR) is 122 cm³/mol. The molecule has 9 heteroatoms. The standard InChI is InChI=1S/C23H27N2O6P/c1-29-19-10-11-21-20(15-19)23(17-8-4-3-5-9-17)18(16-25-21)14-22(26)24-12-6-7-13-31-32(27,28)30-2/h3-5,8-11,15-16H,6-7,12-14H2,1-2H3,(H,24,26)(H,27,28). The summed E-state index contributed by atoms with van der Waals surface area (Å²) in [4.78, 5) is 26.3. The van der Waals surface area contributed by atoms with Crippen molar-refractivity contribution in [3.8, 4) is 16.9 Å². The normalized spacial score (nSPS) is 13.0. The number of hydrogen-bond acceptors (Lipinski definition) is 6. The summed E-state index contributed by atoms with van der Waals surface area (Å²) in [6.45, 7) is 0.506. The molecule has 1 aromatic heterocycles. The number of carbonyl (C=O) groups excluding carboxylic acids is 1. The van der Waals surface area contributed by atoms with Crippen LogP contribution in [0.25, 0.3) is 22.0 Å². The number of rotatable bonds is 11. The third kappa shape index (κ3) is 6.37. The molecule has 0 aliphatic carbocycles. The third-order valence-electron chi connectivity index (χ3n) is 4.95. The molecule has 0 fully saturated rings. The number of nitrogens with one attached hydrogen (secondary N) is 1. The molecule has 0 saturated carbocycles. The van der Waals surface area contributed by atoms with Crippen molar-refractivity contribution < 1.29 is 28.0 Å². The molecule has 0 spiro atoms. The van der Waals surface area contributed by atoms with Crippen LogP contribution in [0.3, 0.4) is 0 Å². The third-order valence-corrected chi connectivity index (χ3v) is 5.92. The van der Waals surface area contributed by atoms with Gasteiger partial charge in [-0.3, -0.25) is 18.8 Å². The summed E-state index contributed by atoms with van der Waals surface area (Å²) in [5, 5.41) is 3.80. The van der Waals surface area contributed by atoms with Gasteiger partial charge in [-0.05, 0) is 47.7 Å². The van der Waals surface area contributed by atoms with Crippen molar-refractivity contribution in [1.29, 1.82) is 0 Å². The van der Waals surface area contributed by atoms with Crippen LogP contribution in [0, 0.1) is 0 Å². The van der Waals surface area contributed by atoms with Gasteiger partial charge in [-0.1, -0.05) is 30.3 Å². The Hall–Kier alpha value is -2.77. The van der Waals surface area contributed by atoms with Gasteiger partial charge in [-0.2, -0.15) is 0 Å². The number of benzene rings is 2. The molecular formula is C23H27N2O6P. The van der Waals surface area contributed by atoms with Gasteiger partial charge in [0.2, 0.25) is 5.91 Å². The van der Waals surface area contributed by atoms with E-state index in [1.54, 1.807) is 13.3 Å². The Labute approximate surface area is 187 Å². The topological polar surface area (TPSA) is 107 Å². The zero-order chi connectivity index (χ0) is 23.0. The van der Waals surface area contributed by atoms with E-state index >= 15 is 0 Å². The Morgan fingerprint density at radius 3 is 2.62 bits per heavy atom. The zero-order valence-electron chi connectivity index (χ0n) is 18.1. The van der Waals surface area contributed by atoms with Crippen molar-refractivity contribution in [2.75, 3.05) is 27.4 Å². The fraction of sp³-hybridized carbons (Fsp3) is 0.304. The van der Waals surface area contributed by atoms with Gasteiger partial charge in [0.1, 0.15) is 5.75 Å². The second kappa shape index (κ2) is 11.2. The second-order valence-electron chi connectivity index (χ2n) is 7.13. The first kappa shape index (κ1) is 23.9. The van der Waals surface area contributed by atoms with Gasteiger partial charge >= 0.3 is 7.82 Å². The van der Waals surface area contributed by atoms with E-state index < -0.39 is 7.82 Å². The number of phosphoric ester groups is 1. The maximum Gasteiger partial charge on any atom is 0.471 e. The summed E-state index contributed by atoms with van der Waals surface area (Å²) in [5.74, 6) is 0.595. The number of amides is 1. The van der Waals surface area contributed by atoms with Crippen LogP contribution in [0.2, 0.25) is 0 Å². The molecule has 0 radical (unpaired) electrons. The van der Waals surface area contributed by atoms with Crippen molar-refractivity contribution in [2.24, 2.45) is 0 Å². The van der Waals surface area contributed by atoms with Gasteiger partial charge < -0.3 is 14.9 Å². The highest BCUT2D eigenvalue weighted by molar-refractivity contribution is 7.47. The Balaban J connectivity index is 1.70. The lowest BCUT2D eigenvalue weighted by Gasteiger charge is -2.14. The van der Waals surface area contributed by atoms with E-state index in [4.69, 9.17) is 9.26 Å². The van der Waals surface area contributed by atoms with Crippen LogP contribution in [-0.4, -0.2) is 43.2 Å². The van der Waals surface area contributed by atoms with E-state index in [9.17, 15) is 14.3 Å². The van der Waals surface area contributed by atoms with Gasteiger partial charge in [0.15, 0.2) is 0 Å². The van der Waals surface area contributed by atoms with Crippen molar-refractivity contribution >= 4 is 24.6 Å². The minimum Gasteiger partial charge on any atom is -0.497 e. The minimum atomic E-state index is -3.95. The summed E-state index contributed by atoms with van der Waals surface area (Å²) in [6, 6.07) is 15.6. The minimum absolute atomic E-state index is 0.0755. The number of hydrogen-bond donors (Lipinski definition) is 2. The average Bonchev–Trinajstić information content (AvgIpc) is 2.81. The maximum atomic E-state index is 12.6. The SMILES string of the molecule is COc1ccc2ncc(CC(=O)NCCCCOP(=O)(O)OC)c(-c3ccccc3)c2c1. The highest BCUT2D eigenvalue weighted by Gasteiger charge is 2.17. The lowest BCUT2D eigenvalue weighted by Crippen LogP contribution is -2.26. The summed E-state index contributed by atoms with van der Waals surface area (Å²) in [6.07, 6.45) is 3.04. The first-order valence-electron chi connectivity index (χ1n) is 10.2. The van der Waals surface area contributed by atoms with Crippen molar-refractivity contribution in [2.45, 2.75) is 19.3 Å². The second-order valence-corrected chi connectivity index (χ2v) is 8.69. The number of fused-ring (bicyclic) bond motifs is 1. The first-order valence-corrected chi connectivity index (χ1v) is 11.7. The summed E-state index contributed by atoms with van der Waals surface area (Å²) in [5.41, 5.74) is 3.60. The average molecular weight is 458 g/mol. The smallest absolute Gasteiger partial charge is 0.471 e. The van der Waals surface area contributed by atoms with Gasteiger partial charge in [0.05, 0.1) is 25.7 Å². The van der Waals surface area contributed by atoms with E-state index in [1.807, 2.05) is 48.5 Å². The number of aromatic nitrogens is 1. The first-order chi connectivity index (χ1) is 15.4. The molecule has 0 saturated heterocycles. The fourth-order valence-electron chi connectivity index (χ4n) is 3.34. The molecule has 3 aromatic rings. The van der Waals surface area contributed by atoms with Crippen LogP contribution in [-0.2, 0) is 24.8 Å². The lowest BCUT2D eigenvalue weighted by molar-refractivity contribution is -0.120. The Morgan fingerprint density at radius 1 is 1.12 bits per heavy atom. The molecule has 32 heavy (non-hydrogen) atoms. The Morgan fingerprint density at radius 2 is 1.91 bits per heavy atom. The van der Waals surface area contributed by atoms with Crippen LogP contribution < -0.4 is 10.1 Å². The Kier molecular flexibility index (Phi) is 8.36. The molecule has 2 aromatic carbocycles. The molecule has 1 amide bonds. The van der Waals surface area contributed by atoms with Crippen molar-refractivity contribution in [3.05, 3.63) is 60.3 Å². The molecule has 8 nitrogen and oxygen atoms in total. The molecular weight excluding hydrogens is 431 g/mol. The largest absolute Gasteiger partial charge is 0.497 e. The van der Waals surface area contributed by atoms with Crippen LogP contribution in [0.15, 0.2) is 54.7 Å². The van der Waals surface area contributed by atoms with E-state index in [2.05, 4.69) is 14.8 Å². The number of nitrogens with zero attached hydrogens (tertiary/aromatic N) is 1. The molecule has 2 N–H and O–H groups in total. The molecule has 0 aliphatic rings. The van der Waals surface area contributed by atoms with Crippen LogP contribution in [0.1, 0.15) is 18.4 Å². The molecule has 1 unspecified atom stereocenters. The molecule has 0 bridgehead atoms. The zero-order valence-corrected chi connectivity index (χ0v) is 19.0. The quantitative estimate of drug-likeness (QED) is 0.329. The Bertz CT molecular complexity index is 1110. The summed E-state index contributed by atoms with van der Waals surface area (Å²) in [7, 11) is -1.22. The van der Waals surface area contributed by atoms with E-state index in [0.29, 0.717) is 19.4 Å². The van der Waals surface area contributed by atoms with E-state index in [0.717, 1.165) is 40.5 Å². The molecule has 1 heterocycles. The summed E-state index contributed by atoms with van der Waals surface area (Å²) < 4.78 is 25.7. The molecule has 3 rings (SSSR count). The summed E-state index contributed by atoms with van der Waals surface area (Å²) >= 11 is 0. The number of carbonyl (C=O) groups is 1. The number of ether oxygens (including phenoxy) is 1. The van der Waals surface area contributed by atoms with Gasteiger partial charge in [0, 0.05) is 25.2 Å². The van der Waals surface area contributed by atoms with E-state index in [1.165, 1.54) is 0 Å². The highest BCUT2D eigenvalue weighted by atomic mass is 31.2. The van der Waals surface area contributed by atoms with Gasteiger partial charge in [-0.25, -0.2) is 4.57 Å². The number of phosphoric acid groups is 1. The van der Waals surface area contributed by atoms with Gasteiger partial charge in [0.25, 0.3) is 0 Å². The predicted octanol–water partition coefficient (Wildman–Crippen LogP) is 4.11. The molecule has 1 atom stereocenters. The van der Waals surface area contributed by atoms with Crippen LogP contribution >= 0.6 is 7.82 Å². The number of methoxy groups -OCH3 is 1. The number of unbranched alkanes of at least 4 members (excludes halogenated alkanes) is 1. The van der Waals surface area contributed by atoms with Gasteiger partial charge in [-0.15, -0.1) is 0 Å². The fourth-order valence-corrected chi connectivity index (χ4v) is 3.81. The lowest BCUT2D eigenvalue weighted by atomic mass is 9.94. The number of pyridine rings is 1. The van der Waals surface area contributed by atoms with Crippen LogP contribution in [0.5, 0.6) is 5.75 Å². The van der Waals surface area contributed by atoms with E-state index in [-0.39, 0.29) is 18.9 Å². The molecule has 0 aliphatic heterocycles. The molecule has 170 valence electrons. The van der Waals surface area contributed by atoms with Crippen LogP contribution in [0.4, 0.5) is 0 Å². The van der Waals surface area contributed by atoms with Crippen molar-refractivity contribution in [3.63, 3.8) is 0 Å².